The van der Waals surface area contributed by atoms with Gasteiger partial charge in [0.05, 0.1) is 23.1 Å². The maximum absolute atomic E-state index is 4.27. The van der Waals surface area contributed by atoms with E-state index in [0.29, 0.717) is 0 Å². The molecule has 0 radical (unpaired) electrons. The van der Waals surface area contributed by atoms with Gasteiger partial charge in [-0.25, -0.2) is 0 Å². The molecule has 0 aliphatic heterocycles. The molecular weight excluding hydrogens is 258 g/mol. The number of aromatic amines is 1. The van der Waals surface area contributed by atoms with Crippen molar-refractivity contribution in [3.05, 3.63) is 83.2 Å². The Bertz CT molecular complexity index is 643. The van der Waals surface area contributed by atoms with Crippen molar-refractivity contribution in [1.29, 1.82) is 0 Å². The van der Waals surface area contributed by atoms with Gasteiger partial charge in [0.1, 0.15) is 0 Å². The van der Waals surface area contributed by atoms with Crippen LogP contribution in [0.15, 0.2) is 60.7 Å². The molecule has 0 atom stereocenters. The summed E-state index contributed by atoms with van der Waals surface area (Å²) in [6, 6.07) is 21.1. The van der Waals surface area contributed by atoms with Crippen LogP contribution in [0.1, 0.15) is 28.6 Å². The number of aryl methyl sites for hydroxylation is 2. The molecule has 0 aliphatic carbocycles. The number of rotatable bonds is 4. The third-order valence-corrected chi connectivity index (χ3v) is 3.68. The van der Waals surface area contributed by atoms with Crippen molar-refractivity contribution in [3.63, 3.8) is 0 Å². The van der Waals surface area contributed by atoms with Gasteiger partial charge in [-0.3, -0.25) is 5.10 Å². The number of nitrogens with zero attached hydrogens (tertiary/aromatic N) is 1. The van der Waals surface area contributed by atoms with E-state index in [1.54, 1.807) is 0 Å². The summed E-state index contributed by atoms with van der Waals surface area (Å²) >= 11 is 0. The summed E-state index contributed by atoms with van der Waals surface area (Å²) in [6.07, 6.45) is 0. The molecule has 3 heteroatoms. The average Bonchev–Trinajstić information content (AvgIpc) is 2.85. The second-order valence-electron chi connectivity index (χ2n) is 5.21. The van der Waals surface area contributed by atoms with E-state index in [0.717, 1.165) is 17.1 Å². The summed E-state index contributed by atoms with van der Waals surface area (Å²) in [7, 11) is 0. The first-order chi connectivity index (χ1) is 10.3. The topological polar surface area (TPSA) is 40.7 Å². The third-order valence-electron chi connectivity index (χ3n) is 3.68. The van der Waals surface area contributed by atoms with E-state index in [4.69, 9.17) is 0 Å². The van der Waals surface area contributed by atoms with Crippen molar-refractivity contribution in [2.45, 2.75) is 19.9 Å². The van der Waals surface area contributed by atoms with E-state index in [-0.39, 0.29) is 6.04 Å². The van der Waals surface area contributed by atoms with Gasteiger partial charge in [-0.05, 0) is 25.0 Å². The van der Waals surface area contributed by atoms with Gasteiger partial charge in [-0.1, -0.05) is 60.7 Å². The summed E-state index contributed by atoms with van der Waals surface area (Å²) in [6.45, 7) is 4.05. The second kappa shape index (κ2) is 5.83. The molecular formula is C18H19N3. The molecule has 0 saturated carbocycles. The molecule has 0 spiro atoms. The highest BCUT2D eigenvalue weighted by Crippen LogP contribution is 2.28. The molecule has 3 nitrogen and oxygen atoms in total. The Kier molecular flexibility index (Phi) is 3.73. The SMILES string of the molecule is Cc1n[nH]c(C)c1NC(c1ccccc1)c1ccccc1. The fourth-order valence-electron chi connectivity index (χ4n) is 2.56. The summed E-state index contributed by atoms with van der Waals surface area (Å²) in [5.74, 6) is 0. The zero-order chi connectivity index (χ0) is 14.7. The molecule has 106 valence electrons. The minimum Gasteiger partial charge on any atom is -0.371 e. The lowest BCUT2D eigenvalue weighted by Crippen LogP contribution is -2.13. The smallest absolute Gasteiger partial charge is 0.0825 e. The number of benzene rings is 2. The quantitative estimate of drug-likeness (QED) is 0.749. The van der Waals surface area contributed by atoms with Crippen molar-refractivity contribution in [2.75, 3.05) is 5.32 Å². The van der Waals surface area contributed by atoms with Crippen LogP contribution in [0.4, 0.5) is 5.69 Å². The number of aromatic nitrogens is 2. The van der Waals surface area contributed by atoms with Crippen LogP contribution in [0.25, 0.3) is 0 Å². The molecule has 2 aromatic carbocycles. The highest BCUT2D eigenvalue weighted by molar-refractivity contribution is 5.55. The molecule has 3 aromatic rings. The predicted molar refractivity (Wildman–Crippen MR) is 86.4 cm³/mol. The molecule has 0 amide bonds. The molecule has 0 bridgehead atoms. The molecule has 21 heavy (non-hydrogen) atoms. The molecule has 0 saturated heterocycles. The first-order valence-corrected chi connectivity index (χ1v) is 7.13. The minimum absolute atomic E-state index is 0.113. The third kappa shape index (κ3) is 2.82. The molecule has 3 rings (SSSR count). The Morgan fingerprint density at radius 1 is 0.857 bits per heavy atom. The van der Waals surface area contributed by atoms with Crippen molar-refractivity contribution < 1.29 is 0 Å². The van der Waals surface area contributed by atoms with Crippen LogP contribution in [0, 0.1) is 13.8 Å². The van der Waals surface area contributed by atoms with Crippen molar-refractivity contribution in [3.8, 4) is 0 Å². The predicted octanol–water partition coefficient (Wildman–Crippen LogP) is 4.23. The lowest BCUT2D eigenvalue weighted by Gasteiger charge is -2.21. The van der Waals surface area contributed by atoms with Gasteiger partial charge >= 0.3 is 0 Å². The average molecular weight is 277 g/mol. The van der Waals surface area contributed by atoms with Crippen molar-refractivity contribution in [1.82, 2.24) is 10.2 Å². The highest BCUT2D eigenvalue weighted by atomic mass is 15.2. The number of hydrogen-bond donors (Lipinski definition) is 2. The summed E-state index contributed by atoms with van der Waals surface area (Å²) in [5, 5.41) is 10.9. The van der Waals surface area contributed by atoms with Crippen LogP contribution >= 0.6 is 0 Å². The Morgan fingerprint density at radius 3 is 1.81 bits per heavy atom. The number of hydrogen-bond acceptors (Lipinski definition) is 2. The van der Waals surface area contributed by atoms with Crippen LogP contribution in [0.3, 0.4) is 0 Å². The van der Waals surface area contributed by atoms with E-state index in [2.05, 4.69) is 64.0 Å². The van der Waals surface area contributed by atoms with Crippen LogP contribution < -0.4 is 5.32 Å². The lowest BCUT2D eigenvalue weighted by molar-refractivity contribution is 0.934. The monoisotopic (exact) mass is 277 g/mol. The molecule has 2 N–H and O–H groups in total. The highest BCUT2D eigenvalue weighted by Gasteiger charge is 2.16. The van der Waals surface area contributed by atoms with E-state index in [1.165, 1.54) is 11.1 Å². The Balaban J connectivity index is 2.01. The van der Waals surface area contributed by atoms with Crippen LogP contribution in [-0.2, 0) is 0 Å². The van der Waals surface area contributed by atoms with Gasteiger partial charge in [0.2, 0.25) is 0 Å². The Labute approximate surface area is 125 Å². The summed E-state index contributed by atoms with van der Waals surface area (Å²) in [5.41, 5.74) is 5.61. The first-order valence-electron chi connectivity index (χ1n) is 7.13. The van der Waals surface area contributed by atoms with Gasteiger partial charge < -0.3 is 5.32 Å². The zero-order valence-corrected chi connectivity index (χ0v) is 12.3. The van der Waals surface area contributed by atoms with Crippen LogP contribution in [0.5, 0.6) is 0 Å². The normalized spacial score (nSPS) is 10.8. The molecule has 0 unspecified atom stereocenters. The summed E-state index contributed by atoms with van der Waals surface area (Å²) < 4.78 is 0. The molecule has 0 aliphatic rings. The summed E-state index contributed by atoms with van der Waals surface area (Å²) in [4.78, 5) is 0. The standard InChI is InChI=1S/C18H19N3/c1-13-17(14(2)21-20-13)19-18(15-9-5-3-6-10-15)16-11-7-4-8-12-16/h3-12,18-19H,1-2H3,(H,20,21). The molecule has 0 fully saturated rings. The van der Waals surface area contributed by atoms with Crippen molar-refractivity contribution in [2.24, 2.45) is 0 Å². The lowest BCUT2D eigenvalue weighted by atomic mass is 9.98. The van der Waals surface area contributed by atoms with Crippen LogP contribution in [0.2, 0.25) is 0 Å². The Hall–Kier alpha value is -2.55. The largest absolute Gasteiger partial charge is 0.371 e. The maximum Gasteiger partial charge on any atom is 0.0825 e. The van der Waals surface area contributed by atoms with Gasteiger partial charge in [0, 0.05) is 0 Å². The first kappa shape index (κ1) is 13.4. The minimum atomic E-state index is 0.113. The van der Waals surface area contributed by atoms with E-state index < -0.39 is 0 Å². The van der Waals surface area contributed by atoms with Gasteiger partial charge in [-0.15, -0.1) is 0 Å². The van der Waals surface area contributed by atoms with E-state index in [9.17, 15) is 0 Å². The van der Waals surface area contributed by atoms with Gasteiger partial charge in [0.25, 0.3) is 0 Å². The fraction of sp³-hybridized carbons (Fsp3) is 0.167. The second-order valence-corrected chi connectivity index (χ2v) is 5.21. The number of anilines is 1. The zero-order valence-electron chi connectivity index (χ0n) is 12.3. The number of H-pyrrole nitrogens is 1. The molecule has 1 aromatic heterocycles. The van der Waals surface area contributed by atoms with E-state index in [1.807, 2.05) is 26.0 Å². The Morgan fingerprint density at radius 2 is 1.38 bits per heavy atom. The molecule has 1 heterocycles. The van der Waals surface area contributed by atoms with Gasteiger partial charge in [-0.2, -0.15) is 5.10 Å². The number of nitrogens with one attached hydrogen (secondary N) is 2. The van der Waals surface area contributed by atoms with Gasteiger partial charge in [0.15, 0.2) is 0 Å². The van der Waals surface area contributed by atoms with Crippen LogP contribution in [-0.4, -0.2) is 10.2 Å². The van der Waals surface area contributed by atoms with Crippen molar-refractivity contribution >= 4 is 5.69 Å². The fourth-order valence-corrected chi connectivity index (χ4v) is 2.56. The maximum atomic E-state index is 4.27. The van der Waals surface area contributed by atoms with E-state index >= 15 is 0 Å².